The molecule has 2 N–H and O–H groups in total. The van der Waals surface area contributed by atoms with Crippen LogP contribution in [-0.4, -0.2) is 17.5 Å². The van der Waals surface area contributed by atoms with Crippen molar-refractivity contribution in [2.45, 2.75) is 19.4 Å². The molecule has 12 heavy (non-hydrogen) atoms. The Bertz CT molecular complexity index is 196. The first kappa shape index (κ1) is 10.1. The lowest BCUT2D eigenvalue weighted by atomic mass is 10.1. The van der Waals surface area contributed by atoms with Gasteiger partial charge in [0.15, 0.2) is 0 Å². The van der Waals surface area contributed by atoms with E-state index < -0.39 is 0 Å². The maximum atomic E-state index is 5.93. The monoisotopic (exact) mass is 201 g/mol. The predicted molar refractivity (Wildman–Crippen MR) is 59.0 cm³/mol. The van der Waals surface area contributed by atoms with E-state index in [0.29, 0.717) is 6.04 Å². The Morgan fingerprint density at radius 1 is 1.67 bits per heavy atom. The van der Waals surface area contributed by atoms with E-state index in [0.717, 1.165) is 17.9 Å². The van der Waals surface area contributed by atoms with Gasteiger partial charge in [0.1, 0.15) is 0 Å². The molecule has 3 heteroatoms. The van der Waals surface area contributed by atoms with Crippen LogP contribution in [0.2, 0.25) is 0 Å². The van der Waals surface area contributed by atoms with Crippen LogP contribution in [0.5, 0.6) is 0 Å². The van der Waals surface area contributed by atoms with Gasteiger partial charge in [0.25, 0.3) is 0 Å². The summed E-state index contributed by atoms with van der Waals surface area (Å²) in [5.41, 5.74) is 7.31. The fourth-order valence-corrected chi connectivity index (χ4v) is 2.38. The van der Waals surface area contributed by atoms with Gasteiger partial charge in [-0.3, -0.25) is 0 Å². The molecule has 0 saturated carbocycles. The molecule has 1 atom stereocenters. The van der Waals surface area contributed by atoms with Crippen molar-refractivity contribution in [3.8, 4) is 0 Å². The fourth-order valence-electron chi connectivity index (χ4n) is 1.04. The average Bonchev–Trinajstić information content (AvgIpc) is 2.53. The highest BCUT2D eigenvalue weighted by Crippen LogP contribution is 2.10. The zero-order chi connectivity index (χ0) is 8.81. The molecule has 1 aromatic rings. The summed E-state index contributed by atoms with van der Waals surface area (Å²) >= 11 is 3.66. The van der Waals surface area contributed by atoms with Gasteiger partial charge in [0, 0.05) is 11.8 Å². The lowest BCUT2D eigenvalue weighted by Gasteiger charge is -2.08. The van der Waals surface area contributed by atoms with Crippen LogP contribution in [0.1, 0.15) is 12.5 Å². The number of hydrogen-bond acceptors (Lipinski definition) is 3. The Kier molecular flexibility index (Phi) is 4.73. The summed E-state index contributed by atoms with van der Waals surface area (Å²) < 4.78 is 0. The van der Waals surface area contributed by atoms with Gasteiger partial charge in [0.2, 0.25) is 0 Å². The lowest BCUT2D eigenvalue weighted by Crippen LogP contribution is -2.25. The third-order valence-electron chi connectivity index (χ3n) is 1.61. The molecule has 1 rings (SSSR count). The molecule has 0 saturated heterocycles. The first-order chi connectivity index (χ1) is 5.83. The van der Waals surface area contributed by atoms with Crippen LogP contribution in [0.3, 0.4) is 0 Å². The van der Waals surface area contributed by atoms with Crippen molar-refractivity contribution < 1.29 is 0 Å². The summed E-state index contributed by atoms with van der Waals surface area (Å²) in [6, 6.07) is 2.48. The second-order valence-electron chi connectivity index (χ2n) is 2.76. The van der Waals surface area contributed by atoms with E-state index in [1.807, 2.05) is 11.8 Å². The van der Waals surface area contributed by atoms with Crippen molar-refractivity contribution in [3.05, 3.63) is 22.4 Å². The van der Waals surface area contributed by atoms with E-state index in [-0.39, 0.29) is 0 Å². The van der Waals surface area contributed by atoms with E-state index in [9.17, 15) is 0 Å². The van der Waals surface area contributed by atoms with Gasteiger partial charge >= 0.3 is 0 Å². The van der Waals surface area contributed by atoms with Crippen molar-refractivity contribution in [2.24, 2.45) is 5.73 Å². The molecular formula is C9H15NS2. The van der Waals surface area contributed by atoms with Crippen LogP contribution in [0.4, 0.5) is 0 Å². The second kappa shape index (κ2) is 5.62. The minimum absolute atomic E-state index is 0.324. The van der Waals surface area contributed by atoms with Gasteiger partial charge < -0.3 is 5.73 Å². The van der Waals surface area contributed by atoms with Crippen molar-refractivity contribution in [1.29, 1.82) is 0 Å². The normalized spacial score (nSPS) is 13.2. The van der Waals surface area contributed by atoms with E-state index in [2.05, 4.69) is 23.8 Å². The first-order valence-electron chi connectivity index (χ1n) is 4.17. The summed E-state index contributed by atoms with van der Waals surface area (Å²) in [6.07, 6.45) is 1.02. The van der Waals surface area contributed by atoms with E-state index >= 15 is 0 Å². The summed E-state index contributed by atoms with van der Waals surface area (Å²) in [5.74, 6) is 2.24. The summed E-state index contributed by atoms with van der Waals surface area (Å²) in [5, 5.41) is 4.28. The first-order valence-corrected chi connectivity index (χ1v) is 6.27. The SMILES string of the molecule is CCSCC(N)Cc1ccsc1. The molecule has 0 bridgehead atoms. The molecular weight excluding hydrogens is 186 g/mol. The Hall–Kier alpha value is 0.01000. The van der Waals surface area contributed by atoms with E-state index in [1.54, 1.807) is 11.3 Å². The zero-order valence-corrected chi connectivity index (χ0v) is 8.96. The summed E-state index contributed by atoms with van der Waals surface area (Å²) in [6.45, 7) is 2.17. The Labute approximate surface area is 82.4 Å². The highest BCUT2D eigenvalue weighted by atomic mass is 32.2. The van der Waals surface area contributed by atoms with Gasteiger partial charge in [-0.15, -0.1) is 0 Å². The number of nitrogens with two attached hydrogens (primary N) is 1. The molecule has 68 valence electrons. The van der Waals surface area contributed by atoms with Crippen molar-refractivity contribution in [2.75, 3.05) is 11.5 Å². The van der Waals surface area contributed by atoms with Crippen LogP contribution in [-0.2, 0) is 6.42 Å². The number of thioether (sulfide) groups is 1. The Morgan fingerprint density at radius 3 is 3.08 bits per heavy atom. The highest BCUT2D eigenvalue weighted by molar-refractivity contribution is 7.99. The largest absolute Gasteiger partial charge is 0.327 e. The van der Waals surface area contributed by atoms with Gasteiger partial charge in [-0.05, 0) is 34.6 Å². The molecule has 0 radical (unpaired) electrons. The minimum Gasteiger partial charge on any atom is -0.327 e. The van der Waals surface area contributed by atoms with Gasteiger partial charge in [-0.25, -0.2) is 0 Å². The predicted octanol–water partition coefficient (Wildman–Crippen LogP) is 2.37. The van der Waals surface area contributed by atoms with Gasteiger partial charge in [0.05, 0.1) is 0 Å². The molecule has 0 amide bonds. The molecule has 0 aliphatic heterocycles. The maximum Gasteiger partial charge on any atom is 0.0171 e. The molecule has 1 heterocycles. The smallest absolute Gasteiger partial charge is 0.0171 e. The zero-order valence-electron chi connectivity index (χ0n) is 7.32. The van der Waals surface area contributed by atoms with Crippen LogP contribution in [0, 0.1) is 0 Å². The van der Waals surface area contributed by atoms with Gasteiger partial charge in [-0.2, -0.15) is 23.1 Å². The minimum atomic E-state index is 0.324. The quantitative estimate of drug-likeness (QED) is 0.791. The lowest BCUT2D eigenvalue weighted by molar-refractivity contribution is 0.751. The second-order valence-corrected chi connectivity index (χ2v) is 4.85. The topological polar surface area (TPSA) is 26.0 Å². The van der Waals surface area contributed by atoms with Crippen LogP contribution < -0.4 is 5.73 Å². The molecule has 0 aliphatic carbocycles. The van der Waals surface area contributed by atoms with Crippen LogP contribution >= 0.6 is 23.1 Å². The molecule has 0 spiro atoms. The molecule has 0 aliphatic rings. The highest BCUT2D eigenvalue weighted by Gasteiger charge is 2.03. The number of thiophene rings is 1. The molecule has 0 fully saturated rings. The van der Waals surface area contributed by atoms with E-state index in [4.69, 9.17) is 5.73 Å². The summed E-state index contributed by atoms with van der Waals surface area (Å²) in [4.78, 5) is 0. The standard InChI is InChI=1S/C9H15NS2/c1-2-11-7-9(10)5-8-3-4-12-6-8/h3-4,6,9H,2,5,7,10H2,1H3. The molecule has 1 aromatic heterocycles. The number of rotatable bonds is 5. The molecule has 0 aromatic carbocycles. The third-order valence-corrected chi connectivity index (χ3v) is 3.42. The van der Waals surface area contributed by atoms with Gasteiger partial charge in [-0.1, -0.05) is 6.92 Å². The Morgan fingerprint density at radius 2 is 2.50 bits per heavy atom. The van der Waals surface area contributed by atoms with Crippen LogP contribution in [0.25, 0.3) is 0 Å². The molecule has 1 unspecified atom stereocenters. The maximum absolute atomic E-state index is 5.93. The van der Waals surface area contributed by atoms with Crippen molar-refractivity contribution >= 4 is 23.1 Å². The third kappa shape index (κ3) is 3.61. The van der Waals surface area contributed by atoms with Crippen molar-refractivity contribution in [1.82, 2.24) is 0 Å². The van der Waals surface area contributed by atoms with Crippen LogP contribution in [0.15, 0.2) is 16.8 Å². The fraction of sp³-hybridized carbons (Fsp3) is 0.556. The van der Waals surface area contributed by atoms with E-state index in [1.165, 1.54) is 5.56 Å². The average molecular weight is 201 g/mol. The van der Waals surface area contributed by atoms with Crippen molar-refractivity contribution in [3.63, 3.8) is 0 Å². The molecule has 1 nitrogen and oxygen atoms in total. The Balaban J connectivity index is 2.22. The number of hydrogen-bond donors (Lipinski definition) is 1. The summed E-state index contributed by atoms with van der Waals surface area (Å²) in [7, 11) is 0.